The molecule has 0 radical (unpaired) electrons. The van der Waals surface area contributed by atoms with Gasteiger partial charge in [-0.05, 0) is 49.7 Å². The van der Waals surface area contributed by atoms with Crippen LogP contribution in [0.2, 0.25) is 0 Å². The van der Waals surface area contributed by atoms with E-state index in [1.165, 1.54) is 12.1 Å². The molecule has 3 aromatic rings. The van der Waals surface area contributed by atoms with Crippen molar-refractivity contribution < 1.29 is 19.4 Å². The van der Waals surface area contributed by atoms with Crippen molar-refractivity contribution in [1.82, 2.24) is 15.6 Å². The van der Waals surface area contributed by atoms with Crippen molar-refractivity contribution in [2.75, 3.05) is 19.7 Å². The van der Waals surface area contributed by atoms with E-state index in [4.69, 9.17) is 4.74 Å². The quantitative estimate of drug-likeness (QED) is 0.462. The minimum atomic E-state index is -0.426. The van der Waals surface area contributed by atoms with E-state index in [1.807, 2.05) is 30.3 Å². The van der Waals surface area contributed by atoms with Gasteiger partial charge in [0, 0.05) is 17.4 Å². The van der Waals surface area contributed by atoms with E-state index in [9.17, 15) is 14.7 Å². The van der Waals surface area contributed by atoms with Crippen molar-refractivity contribution in [3.05, 3.63) is 59.8 Å². The fraction of sp³-hybridized carbons (Fsp3) is 0.273. The molecule has 7 heteroatoms. The summed E-state index contributed by atoms with van der Waals surface area (Å²) in [5.41, 5.74) is 1.90. The predicted octanol–water partition coefficient (Wildman–Crippen LogP) is 2.62. The maximum absolute atomic E-state index is 12.5. The number of ketones is 1. The lowest BCUT2D eigenvalue weighted by atomic mass is 10.0. The minimum Gasteiger partial charge on any atom is -0.508 e. The van der Waals surface area contributed by atoms with Crippen LogP contribution in [0.15, 0.2) is 48.5 Å². The van der Waals surface area contributed by atoms with Crippen LogP contribution in [0, 0.1) is 0 Å². The van der Waals surface area contributed by atoms with Gasteiger partial charge in [0.25, 0.3) is 5.91 Å². The molecule has 7 nitrogen and oxygen atoms in total. The van der Waals surface area contributed by atoms with Gasteiger partial charge in [-0.3, -0.25) is 9.59 Å². The number of carbonyl (C=O) groups is 2. The number of aromatic nitrogens is 1. The van der Waals surface area contributed by atoms with E-state index in [0.717, 1.165) is 23.7 Å². The van der Waals surface area contributed by atoms with Crippen LogP contribution < -0.4 is 15.4 Å². The van der Waals surface area contributed by atoms with Gasteiger partial charge in [-0.25, -0.2) is 0 Å². The molecule has 150 valence electrons. The number of para-hydroxylation sites is 1. The molecule has 29 heavy (non-hydrogen) atoms. The smallest absolute Gasteiger partial charge is 0.267 e. The summed E-state index contributed by atoms with van der Waals surface area (Å²) in [5.74, 6) is 0.355. The molecular formula is C22H23N3O4. The SMILES string of the molecule is O=C(NCCCCNC1COc2ccc(O)cc2C1=O)c1cc2ccccc2[nH]1. The summed E-state index contributed by atoms with van der Waals surface area (Å²) in [6.07, 6.45) is 1.60. The fourth-order valence-corrected chi connectivity index (χ4v) is 3.44. The van der Waals surface area contributed by atoms with Crippen molar-refractivity contribution in [3.63, 3.8) is 0 Å². The van der Waals surface area contributed by atoms with E-state index in [1.54, 1.807) is 6.07 Å². The zero-order chi connectivity index (χ0) is 20.2. The number of benzene rings is 2. The third-order valence-corrected chi connectivity index (χ3v) is 5.01. The van der Waals surface area contributed by atoms with Crippen LogP contribution in [-0.4, -0.2) is 47.5 Å². The van der Waals surface area contributed by atoms with Crippen LogP contribution in [0.5, 0.6) is 11.5 Å². The average Bonchev–Trinajstić information content (AvgIpc) is 3.16. The minimum absolute atomic E-state index is 0.0482. The Morgan fingerprint density at radius 3 is 2.83 bits per heavy atom. The molecule has 0 bridgehead atoms. The van der Waals surface area contributed by atoms with Crippen molar-refractivity contribution >= 4 is 22.6 Å². The molecule has 1 aliphatic rings. The number of phenolic OH excluding ortho intramolecular Hbond substituents is 1. The van der Waals surface area contributed by atoms with Gasteiger partial charge in [0.1, 0.15) is 29.8 Å². The van der Waals surface area contributed by atoms with Gasteiger partial charge in [0.2, 0.25) is 0 Å². The zero-order valence-corrected chi connectivity index (χ0v) is 15.9. The molecule has 0 saturated carbocycles. The highest BCUT2D eigenvalue weighted by Crippen LogP contribution is 2.28. The molecule has 4 rings (SSSR count). The number of hydrogen-bond donors (Lipinski definition) is 4. The first-order chi connectivity index (χ1) is 14.1. The monoisotopic (exact) mass is 393 g/mol. The normalized spacial score (nSPS) is 15.7. The maximum atomic E-state index is 12.5. The second-order valence-corrected chi connectivity index (χ2v) is 7.10. The van der Waals surface area contributed by atoms with E-state index < -0.39 is 6.04 Å². The Morgan fingerprint density at radius 1 is 1.14 bits per heavy atom. The summed E-state index contributed by atoms with van der Waals surface area (Å²) in [4.78, 5) is 27.9. The summed E-state index contributed by atoms with van der Waals surface area (Å²) in [6, 6.07) is 13.7. The Labute approximate surface area is 168 Å². The topological polar surface area (TPSA) is 103 Å². The Bertz CT molecular complexity index is 1010. The lowest BCUT2D eigenvalue weighted by molar-refractivity contribution is 0.0869. The van der Waals surface area contributed by atoms with Gasteiger partial charge in [-0.15, -0.1) is 0 Å². The second kappa shape index (κ2) is 8.36. The van der Waals surface area contributed by atoms with Crippen LogP contribution in [-0.2, 0) is 0 Å². The molecule has 2 heterocycles. The van der Waals surface area contributed by atoms with Crippen LogP contribution in [0.25, 0.3) is 10.9 Å². The molecule has 0 aliphatic carbocycles. The summed E-state index contributed by atoms with van der Waals surface area (Å²) in [6.45, 7) is 1.46. The molecule has 1 aliphatic heterocycles. The molecule has 1 unspecified atom stereocenters. The van der Waals surface area contributed by atoms with Crippen LogP contribution in [0.1, 0.15) is 33.7 Å². The van der Waals surface area contributed by atoms with Gasteiger partial charge in [0.05, 0.1) is 5.56 Å². The van der Waals surface area contributed by atoms with Crippen molar-refractivity contribution in [3.8, 4) is 11.5 Å². The number of aromatic hydroxyl groups is 1. The number of carbonyl (C=O) groups excluding carboxylic acids is 2. The molecule has 4 N–H and O–H groups in total. The number of phenols is 1. The number of unbranched alkanes of at least 4 members (excludes halogenated alkanes) is 1. The highest BCUT2D eigenvalue weighted by Gasteiger charge is 2.28. The van der Waals surface area contributed by atoms with Crippen LogP contribution in [0.3, 0.4) is 0 Å². The van der Waals surface area contributed by atoms with Gasteiger partial charge in [-0.1, -0.05) is 18.2 Å². The summed E-state index contributed by atoms with van der Waals surface area (Å²) in [5, 5.41) is 16.7. The standard InChI is InChI=1S/C22H23N3O4/c26-15-7-8-20-16(12-15)21(27)19(13-29-20)23-9-3-4-10-24-22(28)18-11-14-5-1-2-6-17(14)25-18/h1-2,5-8,11-12,19,23,25-26H,3-4,9-10,13H2,(H,24,28). The summed E-state index contributed by atoms with van der Waals surface area (Å²) >= 11 is 0. The maximum Gasteiger partial charge on any atom is 0.267 e. The van der Waals surface area contributed by atoms with Crippen LogP contribution in [0.4, 0.5) is 0 Å². The van der Waals surface area contributed by atoms with E-state index in [-0.39, 0.29) is 24.0 Å². The number of ether oxygens (including phenoxy) is 1. The van der Waals surface area contributed by atoms with E-state index in [0.29, 0.717) is 30.1 Å². The Kier molecular flexibility index (Phi) is 5.48. The first kappa shape index (κ1) is 19.0. The average molecular weight is 393 g/mol. The number of nitrogens with one attached hydrogen (secondary N) is 3. The number of rotatable bonds is 7. The molecule has 0 saturated heterocycles. The number of Topliss-reactive ketones (excluding diaryl/α,β-unsaturated/α-hetero) is 1. The molecule has 0 fully saturated rings. The molecule has 1 aromatic heterocycles. The number of amides is 1. The summed E-state index contributed by atoms with van der Waals surface area (Å²) in [7, 11) is 0. The van der Waals surface area contributed by atoms with Crippen molar-refractivity contribution in [2.24, 2.45) is 0 Å². The van der Waals surface area contributed by atoms with Gasteiger partial charge in [0.15, 0.2) is 5.78 Å². The van der Waals surface area contributed by atoms with E-state index >= 15 is 0 Å². The summed E-state index contributed by atoms with van der Waals surface area (Å²) < 4.78 is 5.59. The first-order valence-corrected chi connectivity index (χ1v) is 9.71. The molecule has 2 aromatic carbocycles. The van der Waals surface area contributed by atoms with E-state index in [2.05, 4.69) is 15.6 Å². The third-order valence-electron chi connectivity index (χ3n) is 5.01. The predicted molar refractivity (Wildman–Crippen MR) is 110 cm³/mol. The first-order valence-electron chi connectivity index (χ1n) is 9.71. The number of hydrogen-bond acceptors (Lipinski definition) is 5. The highest BCUT2D eigenvalue weighted by molar-refractivity contribution is 6.03. The number of fused-ring (bicyclic) bond motifs is 2. The lowest BCUT2D eigenvalue weighted by Crippen LogP contribution is -2.44. The number of H-pyrrole nitrogens is 1. The van der Waals surface area contributed by atoms with Crippen LogP contribution >= 0.6 is 0 Å². The molecular weight excluding hydrogens is 370 g/mol. The van der Waals surface area contributed by atoms with Gasteiger partial charge >= 0.3 is 0 Å². The Morgan fingerprint density at radius 2 is 1.97 bits per heavy atom. The van der Waals surface area contributed by atoms with Gasteiger partial charge in [-0.2, -0.15) is 0 Å². The second-order valence-electron chi connectivity index (χ2n) is 7.10. The largest absolute Gasteiger partial charge is 0.508 e. The highest BCUT2D eigenvalue weighted by atomic mass is 16.5. The molecule has 0 spiro atoms. The van der Waals surface area contributed by atoms with Crippen molar-refractivity contribution in [1.29, 1.82) is 0 Å². The zero-order valence-electron chi connectivity index (χ0n) is 15.9. The fourth-order valence-electron chi connectivity index (χ4n) is 3.44. The van der Waals surface area contributed by atoms with Crippen molar-refractivity contribution in [2.45, 2.75) is 18.9 Å². The third kappa shape index (κ3) is 4.25. The Hall–Kier alpha value is -3.32. The van der Waals surface area contributed by atoms with Gasteiger partial charge < -0.3 is 25.5 Å². The number of aromatic amines is 1. The Balaban J connectivity index is 1.18. The lowest BCUT2D eigenvalue weighted by Gasteiger charge is -2.25. The molecule has 1 amide bonds. The molecule has 1 atom stereocenters.